The molecule has 0 N–H and O–H groups in total. The molecule has 1 saturated heterocycles. The van der Waals surface area contributed by atoms with Crippen LogP contribution in [0, 0.1) is 0 Å². The van der Waals surface area contributed by atoms with Gasteiger partial charge >= 0.3 is 0 Å². The van der Waals surface area contributed by atoms with E-state index in [1.54, 1.807) is 7.11 Å². The van der Waals surface area contributed by atoms with Crippen molar-refractivity contribution in [3.63, 3.8) is 0 Å². The Bertz CT molecular complexity index is 481. The average molecular weight is 305 g/mol. The predicted octanol–water partition coefficient (Wildman–Crippen LogP) is 1.69. The lowest BCUT2D eigenvalue weighted by Gasteiger charge is -2.37. The maximum absolute atomic E-state index is 12.3. The first-order valence-electron chi connectivity index (χ1n) is 8.07. The number of nitrogens with zero attached hydrogens (tertiary/aromatic N) is 3. The van der Waals surface area contributed by atoms with Crippen LogP contribution in [0.2, 0.25) is 0 Å². The molecule has 0 saturated carbocycles. The fraction of sp³-hybridized carbons (Fsp3) is 0.588. The molecule has 1 heterocycles. The van der Waals surface area contributed by atoms with E-state index in [0.29, 0.717) is 6.54 Å². The molecule has 0 atom stereocenters. The van der Waals surface area contributed by atoms with Crippen LogP contribution < -0.4 is 9.64 Å². The molecule has 0 aliphatic carbocycles. The highest BCUT2D eigenvalue weighted by atomic mass is 16.5. The Morgan fingerprint density at radius 3 is 2.36 bits per heavy atom. The number of carbonyl (C=O) groups excluding carboxylic acids is 1. The maximum Gasteiger partial charge on any atom is 0.236 e. The third-order valence-corrected chi connectivity index (χ3v) is 4.31. The number of anilines is 1. The van der Waals surface area contributed by atoms with Crippen LogP contribution in [0.25, 0.3) is 0 Å². The number of likely N-dealkylation sites (N-methyl/N-ethyl adjacent to an activating group) is 1. The lowest BCUT2D eigenvalue weighted by molar-refractivity contribution is -0.132. The molecule has 2 rings (SSSR count). The van der Waals surface area contributed by atoms with Crippen LogP contribution in [0.5, 0.6) is 5.75 Å². The van der Waals surface area contributed by atoms with Crippen LogP contribution in [0.1, 0.15) is 13.8 Å². The molecule has 5 heteroatoms. The van der Waals surface area contributed by atoms with E-state index >= 15 is 0 Å². The standard InChI is InChI=1S/C17H27N3O2/c1-4-18(5-2)14-17(21)20-12-10-19(11-13-20)15-8-6-7-9-16(15)22-3/h6-9H,4-5,10-14H2,1-3H3. The molecule has 5 nitrogen and oxygen atoms in total. The number of rotatable bonds is 6. The fourth-order valence-electron chi connectivity index (χ4n) is 2.83. The summed E-state index contributed by atoms with van der Waals surface area (Å²) in [5.41, 5.74) is 1.11. The van der Waals surface area contributed by atoms with Crippen molar-refractivity contribution in [2.45, 2.75) is 13.8 Å². The summed E-state index contributed by atoms with van der Waals surface area (Å²) in [6.45, 7) is 9.81. The molecule has 0 unspecified atom stereocenters. The Morgan fingerprint density at radius 1 is 1.14 bits per heavy atom. The number of benzene rings is 1. The van der Waals surface area contributed by atoms with E-state index in [0.717, 1.165) is 50.7 Å². The van der Waals surface area contributed by atoms with Gasteiger partial charge in [0.05, 0.1) is 19.3 Å². The van der Waals surface area contributed by atoms with Crippen LogP contribution in [0.3, 0.4) is 0 Å². The number of para-hydroxylation sites is 2. The second kappa shape index (κ2) is 8.03. The minimum absolute atomic E-state index is 0.239. The van der Waals surface area contributed by atoms with Crippen molar-refractivity contribution in [2.75, 3.05) is 57.8 Å². The normalized spacial score (nSPS) is 15.3. The minimum atomic E-state index is 0.239. The first-order chi connectivity index (χ1) is 10.7. The molecule has 1 fully saturated rings. The summed E-state index contributed by atoms with van der Waals surface area (Å²) in [7, 11) is 1.70. The molecule has 0 aromatic heterocycles. The van der Waals surface area contributed by atoms with E-state index in [1.807, 2.05) is 23.1 Å². The van der Waals surface area contributed by atoms with Crippen molar-refractivity contribution in [1.82, 2.24) is 9.80 Å². The van der Waals surface area contributed by atoms with Gasteiger partial charge in [0.1, 0.15) is 5.75 Å². The van der Waals surface area contributed by atoms with Gasteiger partial charge in [0, 0.05) is 26.2 Å². The van der Waals surface area contributed by atoms with Crippen LogP contribution in [-0.2, 0) is 4.79 Å². The van der Waals surface area contributed by atoms with E-state index in [4.69, 9.17) is 4.74 Å². The average Bonchev–Trinajstić information content (AvgIpc) is 2.59. The Hall–Kier alpha value is -1.75. The number of amides is 1. The van der Waals surface area contributed by atoms with Crippen LogP contribution in [0.15, 0.2) is 24.3 Å². The first-order valence-corrected chi connectivity index (χ1v) is 8.07. The van der Waals surface area contributed by atoms with Crippen LogP contribution in [-0.4, -0.2) is 68.6 Å². The summed E-state index contributed by atoms with van der Waals surface area (Å²) >= 11 is 0. The summed E-state index contributed by atoms with van der Waals surface area (Å²) < 4.78 is 5.43. The summed E-state index contributed by atoms with van der Waals surface area (Å²) in [5.74, 6) is 1.13. The number of carbonyl (C=O) groups is 1. The van der Waals surface area contributed by atoms with Crippen molar-refractivity contribution in [3.05, 3.63) is 24.3 Å². The molecule has 1 aliphatic rings. The highest BCUT2D eigenvalue weighted by molar-refractivity contribution is 5.78. The number of piperazine rings is 1. The lowest BCUT2D eigenvalue weighted by Crippen LogP contribution is -2.51. The zero-order valence-electron chi connectivity index (χ0n) is 13.9. The van der Waals surface area contributed by atoms with E-state index in [-0.39, 0.29) is 5.91 Å². The third kappa shape index (κ3) is 3.91. The molecule has 1 aromatic carbocycles. The van der Waals surface area contributed by atoms with Crippen molar-refractivity contribution < 1.29 is 9.53 Å². The fourth-order valence-corrected chi connectivity index (χ4v) is 2.83. The number of hydrogen-bond acceptors (Lipinski definition) is 4. The highest BCUT2D eigenvalue weighted by Crippen LogP contribution is 2.28. The molecule has 22 heavy (non-hydrogen) atoms. The zero-order valence-corrected chi connectivity index (χ0v) is 13.9. The molecule has 1 aliphatic heterocycles. The number of ether oxygens (including phenoxy) is 1. The molecular weight excluding hydrogens is 278 g/mol. The van der Waals surface area contributed by atoms with Gasteiger partial charge in [0.25, 0.3) is 0 Å². The summed E-state index contributed by atoms with van der Waals surface area (Å²) in [6, 6.07) is 8.06. The number of hydrogen-bond donors (Lipinski definition) is 0. The topological polar surface area (TPSA) is 36.0 Å². The zero-order chi connectivity index (χ0) is 15.9. The van der Waals surface area contributed by atoms with Gasteiger partial charge in [0.15, 0.2) is 0 Å². The van der Waals surface area contributed by atoms with Gasteiger partial charge in [-0.05, 0) is 25.2 Å². The second-order valence-electron chi connectivity index (χ2n) is 5.50. The number of methoxy groups -OCH3 is 1. The van der Waals surface area contributed by atoms with Crippen molar-refractivity contribution in [1.29, 1.82) is 0 Å². The smallest absolute Gasteiger partial charge is 0.236 e. The quantitative estimate of drug-likeness (QED) is 0.801. The van der Waals surface area contributed by atoms with Crippen LogP contribution in [0.4, 0.5) is 5.69 Å². The van der Waals surface area contributed by atoms with Gasteiger partial charge in [0.2, 0.25) is 5.91 Å². The molecule has 0 bridgehead atoms. The molecule has 0 radical (unpaired) electrons. The van der Waals surface area contributed by atoms with Gasteiger partial charge in [-0.1, -0.05) is 26.0 Å². The summed E-state index contributed by atoms with van der Waals surface area (Å²) in [5, 5.41) is 0. The Labute approximate surface area is 133 Å². The predicted molar refractivity (Wildman–Crippen MR) is 89.6 cm³/mol. The van der Waals surface area contributed by atoms with E-state index in [9.17, 15) is 4.79 Å². The molecule has 122 valence electrons. The van der Waals surface area contributed by atoms with E-state index in [1.165, 1.54) is 0 Å². The Kier molecular flexibility index (Phi) is 6.07. The first kappa shape index (κ1) is 16.6. The highest BCUT2D eigenvalue weighted by Gasteiger charge is 2.23. The molecule has 0 spiro atoms. The maximum atomic E-state index is 12.3. The van der Waals surface area contributed by atoms with Crippen LogP contribution >= 0.6 is 0 Å². The largest absolute Gasteiger partial charge is 0.495 e. The summed E-state index contributed by atoms with van der Waals surface area (Å²) in [6.07, 6.45) is 0. The van der Waals surface area contributed by atoms with E-state index < -0.39 is 0 Å². The molecular formula is C17H27N3O2. The van der Waals surface area contributed by atoms with Crippen molar-refractivity contribution in [3.8, 4) is 5.75 Å². The van der Waals surface area contributed by atoms with Crippen molar-refractivity contribution >= 4 is 11.6 Å². The second-order valence-corrected chi connectivity index (χ2v) is 5.50. The SMILES string of the molecule is CCN(CC)CC(=O)N1CCN(c2ccccc2OC)CC1. The van der Waals surface area contributed by atoms with Gasteiger partial charge in [-0.15, -0.1) is 0 Å². The third-order valence-electron chi connectivity index (χ3n) is 4.31. The van der Waals surface area contributed by atoms with Gasteiger partial charge < -0.3 is 14.5 Å². The molecule has 1 aromatic rings. The van der Waals surface area contributed by atoms with Crippen molar-refractivity contribution in [2.24, 2.45) is 0 Å². The summed E-state index contributed by atoms with van der Waals surface area (Å²) in [4.78, 5) is 18.8. The van der Waals surface area contributed by atoms with Gasteiger partial charge in [-0.2, -0.15) is 0 Å². The minimum Gasteiger partial charge on any atom is -0.495 e. The monoisotopic (exact) mass is 305 g/mol. The van der Waals surface area contributed by atoms with Gasteiger partial charge in [-0.25, -0.2) is 0 Å². The molecule has 1 amide bonds. The van der Waals surface area contributed by atoms with E-state index in [2.05, 4.69) is 29.7 Å². The van der Waals surface area contributed by atoms with Gasteiger partial charge in [-0.3, -0.25) is 9.69 Å². The Balaban J connectivity index is 1.91. The Morgan fingerprint density at radius 2 is 1.77 bits per heavy atom. The lowest BCUT2D eigenvalue weighted by atomic mass is 10.2.